The average molecular weight is 283 g/mol. The van der Waals surface area contributed by atoms with Gasteiger partial charge in [0.25, 0.3) is 0 Å². The molecule has 5 nitrogen and oxygen atoms in total. The van der Waals surface area contributed by atoms with E-state index in [1.54, 1.807) is 0 Å². The molecule has 2 rings (SSSR count). The van der Waals surface area contributed by atoms with Crippen molar-refractivity contribution in [2.24, 2.45) is 0 Å². The first-order valence-electron chi connectivity index (χ1n) is 5.45. The van der Waals surface area contributed by atoms with Gasteiger partial charge in [0.1, 0.15) is 5.82 Å². The second kappa shape index (κ2) is 5.40. The number of nitrogens with zero attached hydrogens (tertiary/aromatic N) is 1. The van der Waals surface area contributed by atoms with Crippen LogP contribution in [0.3, 0.4) is 0 Å². The van der Waals surface area contributed by atoms with Gasteiger partial charge in [0.2, 0.25) is 11.8 Å². The molecule has 1 N–H and O–H groups in total. The first-order chi connectivity index (χ1) is 8.99. The third-order valence-electron chi connectivity index (χ3n) is 2.60. The number of rotatable bonds is 4. The number of hydrogen-bond donors (Lipinski definition) is 1. The highest BCUT2D eigenvalue weighted by Gasteiger charge is 2.39. The molecule has 1 aliphatic rings. The zero-order valence-electron chi connectivity index (χ0n) is 9.71. The monoisotopic (exact) mass is 283 g/mol. The van der Waals surface area contributed by atoms with E-state index in [2.05, 4.69) is 0 Å². The summed E-state index contributed by atoms with van der Waals surface area (Å²) >= 11 is 0.920. The fraction of sp³-hybridized carbons (Fsp3) is 0.250. The molecule has 1 aromatic carbocycles. The Kier molecular flexibility index (Phi) is 3.84. The Hall–Kier alpha value is -1.89. The summed E-state index contributed by atoms with van der Waals surface area (Å²) in [4.78, 5) is 35.2. The Bertz CT molecular complexity index is 531. The molecule has 0 unspecified atom stereocenters. The second-order valence-corrected chi connectivity index (χ2v) is 5.13. The molecule has 0 spiro atoms. The minimum Gasteiger partial charge on any atom is -0.481 e. The Morgan fingerprint density at radius 2 is 2.00 bits per heavy atom. The number of carboxylic acid groups (broad SMARTS) is 1. The van der Waals surface area contributed by atoms with E-state index in [-0.39, 0.29) is 12.2 Å². The molecule has 1 aromatic rings. The molecule has 1 fully saturated rings. The van der Waals surface area contributed by atoms with Gasteiger partial charge in [-0.05, 0) is 24.3 Å². The van der Waals surface area contributed by atoms with Crippen molar-refractivity contribution >= 4 is 35.2 Å². The molecule has 0 radical (unpaired) electrons. The lowest BCUT2D eigenvalue weighted by Gasteiger charge is -2.14. The number of amides is 2. The maximum Gasteiger partial charge on any atom is 0.313 e. The standard InChI is InChI=1S/C12H10FNO4S/c13-7-1-3-8(4-2-7)14-10(15)5-9(12(14)18)19-6-11(16)17/h1-4,9H,5-6H2,(H,16,17)/t9-/m1/s1. The van der Waals surface area contributed by atoms with Crippen molar-refractivity contribution in [1.82, 2.24) is 0 Å². The summed E-state index contributed by atoms with van der Waals surface area (Å²) in [6, 6.07) is 5.01. The van der Waals surface area contributed by atoms with E-state index in [9.17, 15) is 18.8 Å². The summed E-state index contributed by atoms with van der Waals surface area (Å²) in [5.74, 6) is -2.59. The van der Waals surface area contributed by atoms with E-state index in [0.717, 1.165) is 28.8 Å². The van der Waals surface area contributed by atoms with Crippen LogP contribution in [0.5, 0.6) is 0 Å². The van der Waals surface area contributed by atoms with Crippen molar-refractivity contribution in [1.29, 1.82) is 0 Å². The Labute approximate surface area is 112 Å². The third kappa shape index (κ3) is 2.93. The molecular formula is C12H10FNO4S. The van der Waals surface area contributed by atoms with E-state index in [4.69, 9.17) is 5.11 Å². The smallest absolute Gasteiger partial charge is 0.313 e. The molecule has 1 aliphatic heterocycles. The largest absolute Gasteiger partial charge is 0.481 e. The van der Waals surface area contributed by atoms with Crippen molar-refractivity contribution in [3.8, 4) is 0 Å². The molecule has 0 saturated carbocycles. The summed E-state index contributed by atoms with van der Waals surface area (Å²) in [5, 5.41) is 7.88. The van der Waals surface area contributed by atoms with Crippen LogP contribution in [-0.2, 0) is 14.4 Å². The summed E-state index contributed by atoms with van der Waals surface area (Å²) in [7, 11) is 0. The van der Waals surface area contributed by atoms with Gasteiger partial charge in [0.05, 0.1) is 16.7 Å². The molecule has 1 heterocycles. The van der Waals surface area contributed by atoms with Gasteiger partial charge in [0, 0.05) is 6.42 Å². The van der Waals surface area contributed by atoms with E-state index in [1.165, 1.54) is 12.1 Å². The first kappa shape index (κ1) is 13.5. The topological polar surface area (TPSA) is 74.7 Å². The van der Waals surface area contributed by atoms with Crippen LogP contribution in [0.4, 0.5) is 10.1 Å². The van der Waals surface area contributed by atoms with Gasteiger partial charge in [-0.15, -0.1) is 11.8 Å². The maximum atomic E-state index is 12.8. The fourth-order valence-corrected chi connectivity index (χ4v) is 2.62. The lowest BCUT2D eigenvalue weighted by molar-refractivity contribution is -0.134. The number of anilines is 1. The molecule has 2 amide bonds. The summed E-state index contributed by atoms with van der Waals surface area (Å²) in [6.07, 6.45) is -0.0336. The quantitative estimate of drug-likeness (QED) is 0.842. The Balaban J connectivity index is 2.14. The zero-order valence-corrected chi connectivity index (χ0v) is 10.5. The van der Waals surface area contributed by atoms with Gasteiger partial charge < -0.3 is 5.11 Å². The van der Waals surface area contributed by atoms with Crippen LogP contribution in [0, 0.1) is 5.82 Å². The van der Waals surface area contributed by atoms with Crippen LogP contribution >= 0.6 is 11.8 Å². The van der Waals surface area contributed by atoms with Gasteiger partial charge in [-0.1, -0.05) is 0 Å². The number of carbonyl (C=O) groups excluding carboxylic acids is 2. The third-order valence-corrected chi connectivity index (χ3v) is 3.78. The zero-order chi connectivity index (χ0) is 14.0. The molecule has 1 saturated heterocycles. The van der Waals surface area contributed by atoms with E-state index < -0.39 is 28.9 Å². The second-order valence-electron chi connectivity index (χ2n) is 3.94. The molecule has 1 atom stereocenters. The predicted molar refractivity (Wildman–Crippen MR) is 67.4 cm³/mol. The summed E-state index contributed by atoms with van der Waals surface area (Å²) in [5.41, 5.74) is 0.301. The minimum absolute atomic E-state index is 0.0336. The highest BCUT2D eigenvalue weighted by molar-refractivity contribution is 8.01. The van der Waals surface area contributed by atoms with Crippen LogP contribution in [0.1, 0.15) is 6.42 Å². The molecule has 19 heavy (non-hydrogen) atoms. The lowest BCUT2D eigenvalue weighted by Crippen LogP contribution is -2.31. The van der Waals surface area contributed by atoms with Crippen LogP contribution < -0.4 is 4.90 Å². The number of aliphatic carboxylic acids is 1. The maximum absolute atomic E-state index is 12.8. The number of thioether (sulfide) groups is 1. The normalized spacial score (nSPS) is 19.0. The molecule has 7 heteroatoms. The molecule has 0 aliphatic carbocycles. The van der Waals surface area contributed by atoms with Crippen molar-refractivity contribution in [3.05, 3.63) is 30.1 Å². The molecule has 0 bridgehead atoms. The van der Waals surface area contributed by atoms with Crippen molar-refractivity contribution in [3.63, 3.8) is 0 Å². The lowest BCUT2D eigenvalue weighted by atomic mass is 10.3. The molecule has 0 aromatic heterocycles. The SMILES string of the molecule is O=C(O)CS[C@@H]1CC(=O)N(c2ccc(F)cc2)C1=O. The van der Waals surface area contributed by atoms with Crippen molar-refractivity contribution in [2.45, 2.75) is 11.7 Å². The first-order valence-corrected chi connectivity index (χ1v) is 6.49. The number of halogens is 1. The van der Waals surface area contributed by atoms with Crippen LogP contribution in [0.15, 0.2) is 24.3 Å². The molecular weight excluding hydrogens is 273 g/mol. The highest BCUT2D eigenvalue weighted by Crippen LogP contribution is 2.29. The minimum atomic E-state index is -1.04. The predicted octanol–water partition coefficient (Wildman–Crippen LogP) is 1.28. The highest BCUT2D eigenvalue weighted by atomic mass is 32.2. The van der Waals surface area contributed by atoms with E-state index in [1.807, 2.05) is 0 Å². The van der Waals surface area contributed by atoms with Crippen LogP contribution in [-0.4, -0.2) is 33.9 Å². The van der Waals surface area contributed by atoms with Crippen LogP contribution in [0.2, 0.25) is 0 Å². The van der Waals surface area contributed by atoms with Gasteiger partial charge in [-0.25, -0.2) is 9.29 Å². The fourth-order valence-electron chi connectivity index (χ4n) is 1.77. The summed E-state index contributed by atoms with van der Waals surface area (Å²) < 4.78 is 12.8. The Morgan fingerprint density at radius 1 is 1.37 bits per heavy atom. The Morgan fingerprint density at radius 3 is 2.58 bits per heavy atom. The number of carbonyl (C=O) groups is 3. The van der Waals surface area contributed by atoms with Gasteiger partial charge in [0.15, 0.2) is 0 Å². The van der Waals surface area contributed by atoms with E-state index in [0.29, 0.717) is 5.69 Å². The van der Waals surface area contributed by atoms with Crippen LogP contribution in [0.25, 0.3) is 0 Å². The van der Waals surface area contributed by atoms with E-state index >= 15 is 0 Å². The van der Waals surface area contributed by atoms with Gasteiger partial charge >= 0.3 is 5.97 Å². The number of benzene rings is 1. The van der Waals surface area contributed by atoms with Crippen molar-refractivity contribution < 1.29 is 23.9 Å². The van der Waals surface area contributed by atoms with Gasteiger partial charge in [-0.3, -0.25) is 14.4 Å². The summed E-state index contributed by atoms with van der Waals surface area (Å²) in [6.45, 7) is 0. The number of carboxylic acids is 1. The van der Waals surface area contributed by atoms with Crippen molar-refractivity contribution in [2.75, 3.05) is 10.7 Å². The molecule has 100 valence electrons. The number of hydrogen-bond acceptors (Lipinski definition) is 4. The average Bonchev–Trinajstić information content (AvgIpc) is 2.63. The number of imide groups is 1. The van der Waals surface area contributed by atoms with Gasteiger partial charge in [-0.2, -0.15) is 0 Å².